The molecule has 0 aromatic heterocycles. The second kappa shape index (κ2) is 5.65. The number of rotatable bonds is 2. The van der Waals surface area contributed by atoms with E-state index in [1.807, 2.05) is 12.3 Å². The molecule has 0 unspecified atom stereocenters. The van der Waals surface area contributed by atoms with Crippen LogP contribution in [0.25, 0.3) is 0 Å². The fraction of sp³-hybridized carbons (Fsp3) is 0.300. The lowest BCUT2D eigenvalue weighted by Crippen LogP contribution is -2.19. The molecule has 0 fully saturated rings. The zero-order chi connectivity index (χ0) is 10.4. The van der Waals surface area contributed by atoms with E-state index in [1.165, 1.54) is 23.9 Å². The van der Waals surface area contributed by atoms with Crippen molar-refractivity contribution in [1.29, 1.82) is 0 Å². The van der Waals surface area contributed by atoms with Crippen molar-refractivity contribution < 1.29 is 4.39 Å². The Kier molecular flexibility index (Phi) is 4.46. The molecule has 76 valence electrons. The molecule has 0 heterocycles. The number of amidine groups is 1. The lowest BCUT2D eigenvalue weighted by Gasteiger charge is -2.06. The fourth-order valence-corrected chi connectivity index (χ4v) is 1.47. The molecule has 0 aliphatic heterocycles. The van der Waals surface area contributed by atoms with Gasteiger partial charge in [-0.05, 0) is 24.0 Å². The predicted octanol–water partition coefficient (Wildman–Crippen LogP) is 2.26. The summed E-state index contributed by atoms with van der Waals surface area (Å²) < 4.78 is 12.8. The van der Waals surface area contributed by atoms with Crippen molar-refractivity contribution in [2.45, 2.75) is 6.54 Å². The first-order chi connectivity index (χ1) is 6.76. The van der Waals surface area contributed by atoms with Crippen LogP contribution >= 0.6 is 11.8 Å². The maximum absolute atomic E-state index is 12.8. The summed E-state index contributed by atoms with van der Waals surface area (Å²) in [6, 6.07) is 6.53. The Bertz CT molecular complexity index is 326. The van der Waals surface area contributed by atoms with E-state index in [0.717, 1.165) is 10.7 Å². The van der Waals surface area contributed by atoms with Gasteiger partial charge in [-0.2, -0.15) is 0 Å². The Morgan fingerprint density at radius 3 is 2.93 bits per heavy atom. The largest absolute Gasteiger partial charge is 0.361 e. The number of halogens is 1. The molecule has 1 rings (SSSR count). The molecule has 0 bridgehead atoms. The highest BCUT2D eigenvalue weighted by Crippen LogP contribution is 2.04. The van der Waals surface area contributed by atoms with Crippen LogP contribution in [0.1, 0.15) is 5.56 Å². The van der Waals surface area contributed by atoms with Gasteiger partial charge in [-0.25, -0.2) is 4.39 Å². The Labute approximate surface area is 87.6 Å². The summed E-state index contributed by atoms with van der Waals surface area (Å²) in [5, 5.41) is 3.96. The number of hydrogen-bond acceptors (Lipinski definition) is 2. The number of benzene rings is 1. The SMILES string of the molecule is CN=C(NCc1cccc(F)c1)SC. The van der Waals surface area contributed by atoms with Crippen molar-refractivity contribution >= 4 is 16.9 Å². The summed E-state index contributed by atoms with van der Waals surface area (Å²) in [4.78, 5) is 4.02. The van der Waals surface area contributed by atoms with Crippen molar-refractivity contribution in [3.63, 3.8) is 0 Å². The summed E-state index contributed by atoms with van der Waals surface area (Å²) in [5.74, 6) is -0.205. The molecule has 1 aromatic rings. The van der Waals surface area contributed by atoms with Crippen molar-refractivity contribution in [1.82, 2.24) is 5.32 Å². The second-order valence-corrected chi connectivity index (χ2v) is 3.51. The van der Waals surface area contributed by atoms with Gasteiger partial charge in [0.25, 0.3) is 0 Å². The van der Waals surface area contributed by atoms with E-state index in [2.05, 4.69) is 10.3 Å². The third kappa shape index (κ3) is 3.38. The highest BCUT2D eigenvalue weighted by molar-refractivity contribution is 8.13. The van der Waals surface area contributed by atoms with Crippen LogP contribution in [-0.4, -0.2) is 18.5 Å². The molecular weight excluding hydrogens is 199 g/mol. The summed E-state index contributed by atoms with van der Waals surface area (Å²) >= 11 is 1.54. The zero-order valence-electron chi connectivity index (χ0n) is 8.25. The van der Waals surface area contributed by atoms with Crippen LogP contribution in [0.2, 0.25) is 0 Å². The summed E-state index contributed by atoms with van der Waals surface area (Å²) in [5.41, 5.74) is 0.917. The van der Waals surface area contributed by atoms with E-state index < -0.39 is 0 Å². The van der Waals surface area contributed by atoms with E-state index in [9.17, 15) is 4.39 Å². The van der Waals surface area contributed by atoms with Crippen molar-refractivity contribution in [3.05, 3.63) is 35.6 Å². The van der Waals surface area contributed by atoms with Gasteiger partial charge in [0.15, 0.2) is 5.17 Å². The molecule has 0 saturated carbocycles. The first kappa shape index (κ1) is 11.0. The van der Waals surface area contributed by atoms with Gasteiger partial charge in [-0.15, -0.1) is 0 Å². The molecule has 0 atom stereocenters. The van der Waals surface area contributed by atoms with Crippen molar-refractivity contribution in [2.75, 3.05) is 13.3 Å². The van der Waals surface area contributed by atoms with Gasteiger partial charge in [-0.3, -0.25) is 4.99 Å². The van der Waals surface area contributed by atoms with Crippen LogP contribution < -0.4 is 5.32 Å². The van der Waals surface area contributed by atoms with E-state index in [1.54, 1.807) is 13.1 Å². The van der Waals surface area contributed by atoms with Gasteiger partial charge in [-0.1, -0.05) is 23.9 Å². The molecule has 14 heavy (non-hydrogen) atoms. The molecule has 0 radical (unpaired) electrons. The number of nitrogens with one attached hydrogen (secondary N) is 1. The minimum atomic E-state index is -0.205. The predicted molar refractivity (Wildman–Crippen MR) is 60.1 cm³/mol. The quantitative estimate of drug-likeness (QED) is 0.600. The summed E-state index contributed by atoms with van der Waals surface area (Å²) in [7, 11) is 1.73. The standard InChI is InChI=1S/C10H13FN2S/c1-12-10(14-2)13-7-8-4-3-5-9(11)6-8/h3-6H,7H2,1-2H3,(H,12,13). The zero-order valence-corrected chi connectivity index (χ0v) is 9.07. The summed E-state index contributed by atoms with van der Waals surface area (Å²) in [6.45, 7) is 0.602. The van der Waals surface area contributed by atoms with Gasteiger partial charge in [0, 0.05) is 13.6 Å². The normalized spacial score (nSPS) is 11.5. The van der Waals surface area contributed by atoms with Crippen LogP contribution in [0.4, 0.5) is 4.39 Å². The van der Waals surface area contributed by atoms with E-state index in [0.29, 0.717) is 6.54 Å². The van der Waals surface area contributed by atoms with Crippen LogP contribution in [0, 0.1) is 5.82 Å². The first-order valence-corrected chi connectivity index (χ1v) is 5.48. The molecule has 0 aliphatic rings. The van der Waals surface area contributed by atoms with Gasteiger partial charge in [0.2, 0.25) is 0 Å². The molecule has 0 aliphatic carbocycles. The van der Waals surface area contributed by atoms with Gasteiger partial charge < -0.3 is 5.32 Å². The maximum atomic E-state index is 12.8. The second-order valence-electron chi connectivity index (χ2n) is 2.72. The average Bonchev–Trinajstić information content (AvgIpc) is 2.19. The minimum absolute atomic E-state index is 0.205. The minimum Gasteiger partial charge on any atom is -0.361 e. The molecule has 1 aromatic carbocycles. The smallest absolute Gasteiger partial charge is 0.156 e. The van der Waals surface area contributed by atoms with Crippen LogP contribution in [-0.2, 0) is 6.54 Å². The maximum Gasteiger partial charge on any atom is 0.156 e. The van der Waals surface area contributed by atoms with Gasteiger partial charge in [0.05, 0.1) is 0 Å². The molecule has 0 amide bonds. The Balaban J connectivity index is 2.53. The highest BCUT2D eigenvalue weighted by atomic mass is 32.2. The number of nitrogens with zero attached hydrogens (tertiary/aromatic N) is 1. The number of hydrogen-bond donors (Lipinski definition) is 1. The molecule has 1 N–H and O–H groups in total. The van der Waals surface area contributed by atoms with Gasteiger partial charge >= 0.3 is 0 Å². The lowest BCUT2D eigenvalue weighted by molar-refractivity contribution is 0.625. The van der Waals surface area contributed by atoms with Crippen LogP contribution in [0.15, 0.2) is 29.3 Å². The first-order valence-electron chi connectivity index (χ1n) is 4.25. The fourth-order valence-electron chi connectivity index (χ4n) is 1.07. The molecule has 0 saturated heterocycles. The Morgan fingerprint density at radius 1 is 1.57 bits per heavy atom. The van der Waals surface area contributed by atoms with E-state index >= 15 is 0 Å². The van der Waals surface area contributed by atoms with Crippen LogP contribution in [0.3, 0.4) is 0 Å². The topological polar surface area (TPSA) is 24.4 Å². The van der Waals surface area contributed by atoms with Crippen molar-refractivity contribution in [3.8, 4) is 0 Å². The summed E-state index contributed by atoms with van der Waals surface area (Å²) in [6.07, 6.45) is 1.95. The number of thioether (sulfide) groups is 1. The molecule has 4 heteroatoms. The third-order valence-electron chi connectivity index (χ3n) is 1.73. The molecule has 2 nitrogen and oxygen atoms in total. The van der Waals surface area contributed by atoms with E-state index in [4.69, 9.17) is 0 Å². The number of aliphatic imine (C=N–C) groups is 1. The molecule has 0 spiro atoms. The Morgan fingerprint density at radius 2 is 2.36 bits per heavy atom. The Hall–Kier alpha value is -1.03. The molecular formula is C10H13FN2S. The van der Waals surface area contributed by atoms with Crippen LogP contribution in [0.5, 0.6) is 0 Å². The lowest BCUT2D eigenvalue weighted by atomic mass is 10.2. The average molecular weight is 212 g/mol. The van der Waals surface area contributed by atoms with E-state index in [-0.39, 0.29) is 5.82 Å². The third-order valence-corrected chi connectivity index (χ3v) is 2.44. The highest BCUT2D eigenvalue weighted by Gasteiger charge is 1.97. The monoisotopic (exact) mass is 212 g/mol. The van der Waals surface area contributed by atoms with Gasteiger partial charge in [0.1, 0.15) is 5.82 Å². The van der Waals surface area contributed by atoms with Crippen molar-refractivity contribution in [2.24, 2.45) is 4.99 Å².